The van der Waals surface area contributed by atoms with Gasteiger partial charge in [-0.1, -0.05) is 35.3 Å². The Morgan fingerprint density at radius 1 is 1.13 bits per heavy atom. The van der Waals surface area contributed by atoms with Crippen molar-refractivity contribution in [2.24, 2.45) is 5.41 Å². The molecule has 0 saturated carbocycles. The normalized spacial score (nSPS) is 19.2. The molecule has 9 nitrogen and oxygen atoms in total. The average Bonchev–Trinajstić information content (AvgIpc) is 3.34. The molecular formula is C28H31Cl2N5O4. The van der Waals surface area contributed by atoms with Gasteiger partial charge < -0.3 is 24.4 Å². The van der Waals surface area contributed by atoms with Crippen molar-refractivity contribution in [2.45, 2.75) is 31.8 Å². The fourth-order valence-electron chi connectivity index (χ4n) is 5.38. The predicted molar refractivity (Wildman–Crippen MR) is 149 cm³/mol. The van der Waals surface area contributed by atoms with Crippen LogP contribution < -0.4 is 19.7 Å². The van der Waals surface area contributed by atoms with Crippen molar-refractivity contribution in [3.8, 4) is 11.6 Å². The van der Waals surface area contributed by atoms with Crippen LogP contribution in [0.25, 0.3) is 0 Å². The maximum Gasteiger partial charge on any atom is 0.233 e. The zero-order valence-electron chi connectivity index (χ0n) is 22.1. The molecule has 11 heteroatoms. The van der Waals surface area contributed by atoms with Crippen molar-refractivity contribution in [3.05, 3.63) is 69.7 Å². The molecule has 1 aromatic carbocycles. The molecule has 0 radical (unpaired) electrons. The molecule has 39 heavy (non-hydrogen) atoms. The number of piperidine rings is 1. The van der Waals surface area contributed by atoms with Crippen molar-refractivity contribution in [1.82, 2.24) is 20.3 Å². The molecule has 0 amide bonds. The lowest BCUT2D eigenvalue weighted by Crippen LogP contribution is -2.51. The van der Waals surface area contributed by atoms with E-state index in [4.69, 9.17) is 37.4 Å². The van der Waals surface area contributed by atoms with Crippen LogP contribution in [0.2, 0.25) is 10.2 Å². The Morgan fingerprint density at radius 2 is 1.87 bits per heavy atom. The number of ketones is 1. The SMILES string of the molecule is COc1ccc([C@@H](C)NC2COCC23CCN(c2cnc(C(=O)c4ccnc(OC)c4Cl)c(Cl)n2)CC3)cc1. The van der Waals surface area contributed by atoms with Crippen LogP contribution in [-0.2, 0) is 4.74 Å². The van der Waals surface area contributed by atoms with E-state index in [1.54, 1.807) is 13.3 Å². The second-order valence-electron chi connectivity index (χ2n) is 9.96. The summed E-state index contributed by atoms with van der Waals surface area (Å²) in [4.78, 5) is 28.1. The molecule has 0 bridgehead atoms. The molecule has 2 saturated heterocycles. The van der Waals surface area contributed by atoms with Crippen LogP contribution in [0.3, 0.4) is 0 Å². The maximum atomic E-state index is 13.1. The van der Waals surface area contributed by atoms with Gasteiger partial charge in [-0.25, -0.2) is 15.0 Å². The molecule has 3 aromatic rings. The van der Waals surface area contributed by atoms with Gasteiger partial charge >= 0.3 is 0 Å². The number of rotatable bonds is 8. The second-order valence-corrected chi connectivity index (χ2v) is 10.7. The molecule has 2 aliphatic rings. The van der Waals surface area contributed by atoms with E-state index in [2.05, 4.69) is 44.2 Å². The van der Waals surface area contributed by atoms with Gasteiger partial charge in [-0.3, -0.25) is 4.79 Å². The number of methoxy groups -OCH3 is 2. The topological polar surface area (TPSA) is 98.7 Å². The molecule has 2 atom stereocenters. The third kappa shape index (κ3) is 5.54. The third-order valence-electron chi connectivity index (χ3n) is 7.79. The van der Waals surface area contributed by atoms with Crippen molar-refractivity contribution in [3.63, 3.8) is 0 Å². The van der Waals surface area contributed by atoms with Crippen LogP contribution in [0.5, 0.6) is 11.6 Å². The monoisotopic (exact) mass is 571 g/mol. The van der Waals surface area contributed by atoms with Crippen molar-refractivity contribution in [2.75, 3.05) is 45.4 Å². The smallest absolute Gasteiger partial charge is 0.233 e. The number of benzene rings is 1. The quantitative estimate of drug-likeness (QED) is 0.383. The minimum atomic E-state index is -0.439. The largest absolute Gasteiger partial charge is 0.497 e. The standard InChI is InChI=1S/C28H31Cl2N5O4/c1-17(18-4-6-19(37-2)7-5-18)33-21-15-39-16-28(21)9-12-35(13-10-28)22-14-32-24(26(30)34-22)25(36)20-8-11-31-27(38-3)23(20)29/h4-8,11,14,17,21,33H,9-10,12-13,15-16H2,1-3H3/t17-,21?/m1/s1. The molecule has 1 N–H and O–H groups in total. The van der Waals surface area contributed by atoms with E-state index in [0.29, 0.717) is 12.4 Å². The third-order valence-corrected chi connectivity index (χ3v) is 8.42. The minimum absolute atomic E-state index is 0.0293. The fraction of sp³-hybridized carbons (Fsp3) is 0.429. The summed E-state index contributed by atoms with van der Waals surface area (Å²) in [7, 11) is 3.11. The van der Waals surface area contributed by atoms with Crippen LogP contribution in [-0.4, -0.2) is 67.3 Å². The summed E-state index contributed by atoms with van der Waals surface area (Å²) >= 11 is 12.7. The van der Waals surface area contributed by atoms with Gasteiger partial charge in [0.2, 0.25) is 11.7 Å². The van der Waals surface area contributed by atoms with Crippen molar-refractivity contribution < 1.29 is 19.0 Å². The number of nitrogens with zero attached hydrogens (tertiary/aromatic N) is 4. The number of pyridine rings is 1. The fourth-order valence-corrected chi connectivity index (χ4v) is 5.88. The van der Waals surface area contributed by atoms with Crippen LogP contribution in [0.15, 0.2) is 42.7 Å². The Labute approximate surface area is 237 Å². The van der Waals surface area contributed by atoms with Crippen molar-refractivity contribution in [1.29, 1.82) is 0 Å². The number of hydrogen-bond acceptors (Lipinski definition) is 9. The van der Waals surface area contributed by atoms with Crippen LogP contribution >= 0.6 is 23.2 Å². The molecule has 2 aromatic heterocycles. The maximum absolute atomic E-state index is 13.1. The van der Waals surface area contributed by atoms with Crippen LogP contribution in [0.4, 0.5) is 5.82 Å². The zero-order chi connectivity index (χ0) is 27.6. The number of hydrogen-bond donors (Lipinski definition) is 1. The lowest BCUT2D eigenvalue weighted by Gasteiger charge is -2.43. The summed E-state index contributed by atoms with van der Waals surface area (Å²) < 4.78 is 16.4. The van der Waals surface area contributed by atoms with Gasteiger partial charge in [0.15, 0.2) is 5.15 Å². The van der Waals surface area contributed by atoms with E-state index in [0.717, 1.165) is 38.3 Å². The molecule has 1 unspecified atom stereocenters. The van der Waals surface area contributed by atoms with E-state index >= 15 is 0 Å². The highest BCUT2D eigenvalue weighted by molar-refractivity contribution is 6.38. The summed E-state index contributed by atoms with van der Waals surface area (Å²) in [5.41, 5.74) is 1.49. The average molecular weight is 572 g/mol. The first-order valence-corrected chi connectivity index (χ1v) is 13.6. The molecule has 2 aliphatic heterocycles. The number of aromatic nitrogens is 3. The molecule has 4 heterocycles. The predicted octanol–water partition coefficient (Wildman–Crippen LogP) is 4.76. The number of halogens is 2. The Morgan fingerprint density at radius 3 is 2.54 bits per heavy atom. The Balaban J connectivity index is 1.25. The van der Waals surface area contributed by atoms with E-state index in [1.807, 2.05) is 12.1 Å². The van der Waals surface area contributed by atoms with E-state index < -0.39 is 5.78 Å². The Kier molecular flexibility index (Phi) is 8.23. The Hall–Kier alpha value is -2.98. The van der Waals surface area contributed by atoms with Crippen LogP contribution in [0, 0.1) is 5.41 Å². The summed E-state index contributed by atoms with van der Waals surface area (Å²) in [5, 5.41) is 3.95. The zero-order valence-corrected chi connectivity index (χ0v) is 23.6. The molecular weight excluding hydrogens is 541 g/mol. The number of carbonyl (C=O) groups excluding carboxylic acids is 1. The molecule has 5 rings (SSSR count). The molecule has 1 spiro atoms. The lowest BCUT2D eigenvalue weighted by molar-refractivity contribution is 0.103. The first-order valence-electron chi connectivity index (χ1n) is 12.8. The number of nitrogens with one attached hydrogen (secondary N) is 1. The first kappa shape index (κ1) is 27.6. The van der Waals surface area contributed by atoms with Crippen LogP contribution in [0.1, 0.15) is 47.4 Å². The number of ether oxygens (including phenoxy) is 3. The van der Waals surface area contributed by atoms with Gasteiger partial charge in [-0.15, -0.1) is 0 Å². The van der Waals surface area contributed by atoms with Gasteiger partial charge in [-0.2, -0.15) is 0 Å². The highest BCUT2D eigenvalue weighted by atomic mass is 35.5. The van der Waals surface area contributed by atoms with Gasteiger partial charge in [0, 0.05) is 42.3 Å². The van der Waals surface area contributed by atoms with E-state index in [-0.39, 0.29) is 44.8 Å². The van der Waals surface area contributed by atoms with Gasteiger partial charge in [0.05, 0.1) is 33.6 Å². The number of carbonyl (C=O) groups is 1. The number of anilines is 1. The summed E-state index contributed by atoms with van der Waals surface area (Å²) in [6.07, 6.45) is 4.92. The van der Waals surface area contributed by atoms with Gasteiger partial charge in [0.25, 0.3) is 0 Å². The molecule has 206 valence electrons. The summed E-state index contributed by atoms with van der Waals surface area (Å²) in [6.45, 7) is 5.15. The molecule has 2 fully saturated rings. The first-order chi connectivity index (χ1) is 18.8. The summed E-state index contributed by atoms with van der Waals surface area (Å²) in [5.74, 6) is 1.21. The van der Waals surface area contributed by atoms with Gasteiger partial charge in [0.1, 0.15) is 22.3 Å². The van der Waals surface area contributed by atoms with Crippen molar-refractivity contribution >= 4 is 34.8 Å². The minimum Gasteiger partial charge on any atom is -0.497 e. The highest BCUT2D eigenvalue weighted by Crippen LogP contribution is 2.41. The van der Waals surface area contributed by atoms with Gasteiger partial charge in [-0.05, 0) is 43.5 Å². The Bertz CT molecular complexity index is 1330. The summed E-state index contributed by atoms with van der Waals surface area (Å²) in [6, 6.07) is 10.1. The lowest BCUT2D eigenvalue weighted by atomic mass is 9.74. The van der Waals surface area contributed by atoms with E-state index in [9.17, 15) is 4.79 Å². The highest BCUT2D eigenvalue weighted by Gasteiger charge is 2.46. The second kappa shape index (κ2) is 11.6. The molecule has 0 aliphatic carbocycles. The van der Waals surface area contributed by atoms with E-state index in [1.165, 1.54) is 24.9 Å².